The molecule has 108 valence electrons. The smallest absolute Gasteiger partial charge is 0.106 e. The molecule has 1 aliphatic carbocycles. The lowest BCUT2D eigenvalue weighted by Gasteiger charge is -2.27. The minimum atomic E-state index is -0.333. The van der Waals surface area contributed by atoms with Crippen LogP contribution >= 0.6 is 0 Å². The molecule has 1 heterocycles. The molecule has 2 fully saturated rings. The standard InChI is InChI=1S/C15H26N2O2/c1-2-15(12-16,17-13-4-5-13)8-3-9-19-14-6-10-18-11-7-14/h13-14,17H,2-11H2,1H3. The summed E-state index contributed by atoms with van der Waals surface area (Å²) in [4.78, 5) is 0. The van der Waals surface area contributed by atoms with E-state index in [1.807, 2.05) is 0 Å². The first kappa shape index (κ1) is 14.8. The summed E-state index contributed by atoms with van der Waals surface area (Å²) in [5.74, 6) is 0. The summed E-state index contributed by atoms with van der Waals surface area (Å²) in [6.45, 7) is 4.51. The van der Waals surface area contributed by atoms with Crippen LogP contribution in [0, 0.1) is 11.3 Å². The minimum Gasteiger partial charge on any atom is -0.381 e. The molecule has 2 aliphatic rings. The third kappa shape index (κ3) is 4.76. The molecular formula is C15H26N2O2. The van der Waals surface area contributed by atoms with Gasteiger partial charge in [-0.2, -0.15) is 5.26 Å². The molecule has 1 atom stereocenters. The Hall–Kier alpha value is -0.630. The third-order valence-corrected chi connectivity index (χ3v) is 4.15. The molecule has 1 saturated heterocycles. The fraction of sp³-hybridized carbons (Fsp3) is 0.933. The van der Waals surface area contributed by atoms with Crippen LogP contribution in [0.15, 0.2) is 0 Å². The van der Waals surface area contributed by atoms with Crippen molar-refractivity contribution in [3.63, 3.8) is 0 Å². The van der Waals surface area contributed by atoms with Crippen LogP contribution in [-0.4, -0.2) is 37.5 Å². The first-order valence-electron chi connectivity index (χ1n) is 7.66. The zero-order valence-electron chi connectivity index (χ0n) is 12.0. The number of nitriles is 1. The molecule has 0 amide bonds. The average Bonchev–Trinajstić information content (AvgIpc) is 3.27. The maximum Gasteiger partial charge on any atom is 0.106 e. The molecule has 0 radical (unpaired) electrons. The molecule has 0 bridgehead atoms. The Kier molecular flexibility index (Phi) is 5.62. The Balaban J connectivity index is 1.65. The van der Waals surface area contributed by atoms with E-state index in [9.17, 15) is 5.26 Å². The van der Waals surface area contributed by atoms with Crippen molar-refractivity contribution in [2.45, 2.75) is 69.6 Å². The number of ether oxygens (including phenoxy) is 2. The maximum atomic E-state index is 9.43. The van der Waals surface area contributed by atoms with Crippen LogP contribution in [0.2, 0.25) is 0 Å². The molecule has 0 aromatic rings. The van der Waals surface area contributed by atoms with Crippen molar-refractivity contribution in [1.29, 1.82) is 5.26 Å². The number of rotatable bonds is 8. The monoisotopic (exact) mass is 266 g/mol. The lowest BCUT2D eigenvalue weighted by atomic mass is 9.92. The van der Waals surface area contributed by atoms with Gasteiger partial charge in [0, 0.05) is 25.9 Å². The number of hydrogen-bond donors (Lipinski definition) is 1. The largest absolute Gasteiger partial charge is 0.381 e. The van der Waals surface area contributed by atoms with Gasteiger partial charge in [0.05, 0.1) is 12.2 Å². The van der Waals surface area contributed by atoms with Gasteiger partial charge in [-0.05, 0) is 44.9 Å². The van der Waals surface area contributed by atoms with E-state index in [1.165, 1.54) is 12.8 Å². The Bertz CT molecular complexity index is 306. The summed E-state index contributed by atoms with van der Waals surface area (Å²) in [6.07, 6.45) is 7.55. The molecule has 4 heteroatoms. The lowest BCUT2D eigenvalue weighted by molar-refractivity contribution is -0.0335. The topological polar surface area (TPSA) is 54.3 Å². The molecule has 19 heavy (non-hydrogen) atoms. The van der Waals surface area contributed by atoms with E-state index in [4.69, 9.17) is 9.47 Å². The van der Waals surface area contributed by atoms with E-state index in [-0.39, 0.29) is 5.54 Å². The van der Waals surface area contributed by atoms with Crippen LogP contribution in [-0.2, 0) is 9.47 Å². The molecule has 1 N–H and O–H groups in total. The van der Waals surface area contributed by atoms with Crippen LogP contribution in [0.5, 0.6) is 0 Å². The van der Waals surface area contributed by atoms with Gasteiger partial charge in [0.15, 0.2) is 0 Å². The lowest BCUT2D eigenvalue weighted by Crippen LogP contribution is -2.45. The van der Waals surface area contributed by atoms with E-state index < -0.39 is 0 Å². The summed E-state index contributed by atoms with van der Waals surface area (Å²) >= 11 is 0. The van der Waals surface area contributed by atoms with Gasteiger partial charge in [0.25, 0.3) is 0 Å². The van der Waals surface area contributed by atoms with Crippen LogP contribution in [0.25, 0.3) is 0 Å². The molecule has 1 saturated carbocycles. The number of nitrogens with one attached hydrogen (secondary N) is 1. The van der Waals surface area contributed by atoms with E-state index >= 15 is 0 Å². The summed E-state index contributed by atoms with van der Waals surface area (Å²) in [5, 5.41) is 12.9. The Labute approximate surface area is 116 Å². The van der Waals surface area contributed by atoms with Crippen LogP contribution in [0.1, 0.15) is 51.9 Å². The zero-order chi connectivity index (χ0) is 13.6. The molecule has 1 aliphatic heterocycles. The second kappa shape index (κ2) is 7.23. The molecule has 0 spiro atoms. The predicted octanol–water partition coefficient (Wildman–Crippen LogP) is 2.39. The van der Waals surface area contributed by atoms with Gasteiger partial charge in [-0.1, -0.05) is 6.92 Å². The molecule has 4 nitrogen and oxygen atoms in total. The minimum absolute atomic E-state index is 0.333. The molecule has 0 aromatic heterocycles. The molecule has 2 rings (SSSR count). The molecule has 1 unspecified atom stereocenters. The highest BCUT2D eigenvalue weighted by Gasteiger charge is 2.34. The van der Waals surface area contributed by atoms with E-state index in [0.717, 1.165) is 51.9 Å². The highest BCUT2D eigenvalue weighted by atomic mass is 16.5. The first-order chi connectivity index (χ1) is 9.28. The Morgan fingerprint density at radius 2 is 2.05 bits per heavy atom. The van der Waals surface area contributed by atoms with E-state index in [2.05, 4.69) is 18.3 Å². The summed E-state index contributed by atoms with van der Waals surface area (Å²) < 4.78 is 11.2. The second-order valence-corrected chi connectivity index (χ2v) is 5.75. The fourth-order valence-electron chi connectivity index (χ4n) is 2.60. The zero-order valence-corrected chi connectivity index (χ0v) is 12.0. The number of hydrogen-bond acceptors (Lipinski definition) is 4. The summed E-state index contributed by atoms with van der Waals surface area (Å²) in [7, 11) is 0. The van der Waals surface area contributed by atoms with E-state index in [0.29, 0.717) is 12.1 Å². The molecular weight excluding hydrogens is 240 g/mol. The van der Waals surface area contributed by atoms with Crippen molar-refractivity contribution in [3.8, 4) is 6.07 Å². The normalized spacial score (nSPS) is 23.8. The van der Waals surface area contributed by atoms with Crippen LogP contribution in [0.4, 0.5) is 0 Å². The van der Waals surface area contributed by atoms with E-state index in [1.54, 1.807) is 0 Å². The van der Waals surface area contributed by atoms with Crippen molar-refractivity contribution in [2.24, 2.45) is 0 Å². The predicted molar refractivity (Wildman–Crippen MR) is 73.8 cm³/mol. The summed E-state index contributed by atoms with van der Waals surface area (Å²) in [5.41, 5.74) is -0.333. The molecule has 0 aromatic carbocycles. The maximum absolute atomic E-state index is 9.43. The van der Waals surface area contributed by atoms with Gasteiger partial charge in [0.1, 0.15) is 5.54 Å². The quantitative estimate of drug-likeness (QED) is 0.685. The highest BCUT2D eigenvalue weighted by molar-refractivity contribution is 5.09. The Morgan fingerprint density at radius 3 is 2.63 bits per heavy atom. The Morgan fingerprint density at radius 1 is 1.32 bits per heavy atom. The highest BCUT2D eigenvalue weighted by Crippen LogP contribution is 2.26. The second-order valence-electron chi connectivity index (χ2n) is 5.75. The fourth-order valence-corrected chi connectivity index (χ4v) is 2.60. The first-order valence-corrected chi connectivity index (χ1v) is 7.66. The van der Waals surface area contributed by atoms with Gasteiger partial charge < -0.3 is 9.47 Å². The van der Waals surface area contributed by atoms with Crippen molar-refractivity contribution >= 4 is 0 Å². The number of nitrogens with zero attached hydrogens (tertiary/aromatic N) is 1. The van der Waals surface area contributed by atoms with Crippen LogP contribution < -0.4 is 5.32 Å². The van der Waals surface area contributed by atoms with Gasteiger partial charge in [-0.3, -0.25) is 5.32 Å². The van der Waals surface area contributed by atoms with Crippen molar-refractivity contribution in [3.05, 3.63) is 0 Å². The SMILES string of the molecule is CCC(C#N)(CCCOC1CCOCC1)NC1CC1. The van der Waals surface area contributed by atoms with Crippen molar-refractivity contribution < 1.29 is 9.47 Å². The van der Waals surface area contributed by atoms with Gasteiger partial charge >= 0.3 is 0 Å². The van der Waals surface area contributed by atoms with Crippen LogP contribution in [0.3, 0.4) is 0 Å². The van der Waals surface area contributed by atoms with Gasteiger partial charge in [-0.25, -0.2) is 0 Å². The van der Waals surface area contributed by atoms with Crippen molar-refractivity contribution in [2.75, 3.05) is 19.8 Å². The van der Waals surface area contributed by atoms with Gasteiger partial charge in [-0.15, -0.1) is 0 Å². The average molecular weight is 266 g/mol. The van der Waals surface area contributed by atoms with Gasteiger partial charge in [0.2, 0.25) is 0 Å². The summed E-state index contributed by atoms with van der Waals surface area (Å²) in [6, 6.07) is 3.07. The third-order valence-electron chi connectivity index (χ3n) is 4.15. The van der Waals surface area contributed by atoms with Crippen molar-refractivity contribution in [1.82, 2.24) is 5.32 Å².